The second kappa shape index (κ2) is 15.5. The van der Waals surface area contributed by atoms with Crippen LogP contribution in [0, 0.1) is 5.92 Å². The van der Waals surface area contributed by atoms with Gasteiger partial charge in [-0.15, -0.1) is 0 Å². The summed E-state index contributed by atoms with van der Waals surface area (Å²) in [6, 6.07) is 12.3. The first-order valence-corrected chi connectivity index (χ1v) is 16.6. The molecular formula is C35H51N7O5. The molecule has 3 aromatic rings. The molecule has 0 saturated carbocycles. The van der Waals surface area contributed by atoms with E-state index in [4.69, 9.17) is 9.26 Å². The Morgan fingerprint density at radius 2 is 1.72 bits per heavy atom. The van der Waals surface area contributed by atoms with E-state index in [1.807, 2.05) is 94.6 Å². The van der Waals surface area contributed by atoms with E-state index >= 15 is 0 Å². The van der Waals surface area contributed by atoms with Gasteiger partial charge in [-0.25, -0.2) is 4.79 Å². The summed E-state index contributed by atoms with van der Waals surface area (Å²) in [5.41, 5.74) is 2.78. The van der Waals surface area contributed by atoms with Crippen LogP contribution in [0.3, 0.4) is 0 Å². The van der Waals surface area contributed by atoms with Crippen LogP contribution in [-0.2, 0) is 21.4 Å². The first-order chi connectivity index (χ1) is 22.3. The molecule has 2 aliphatic heterocycles. The molecule has 3 amide bonds. The van der Waals surface area contributed by atoms with E-state index in [1.165, 1.54) is 0 Å². The molecule has 2 aliphatic rings. The molecule has 0 spiro atoms. The smallest absolute Gasteiger partial charge is 0.410 e. The molecule has 256 valence electrons. The molecule has 0 aliphatic carbocycles. The molecule has 1 aromatic carbocycles. The van der Waals surface area contributed by atoms with Gasteiger partial charge in [0.15, 0.2) is 11.6 Å². The number of likely N-dealkylation sites (tertiary alicyclic amines) is 1. The van der Waals surface area contributed by atoms with Crippen LogP contribution in [0.15, 0.2) is 47.1 Å². The minimum absolute atomic E-state index is 0.0353. The maximum Gasteiger partial charge on any atom is 0.410 e. The van der Waals surface area contributed by atoms with E-state index in [1.54, 1.807) is 11.1 Å². The van der Waals surface area contributed by atoms with E-state index in [-0.39, 0.29) is 35.9 Å². The monoisotopic (exact) mass is 649 g/mol. The number of carbonyl (C=O) groups is 3. The SMILES string of the molecule is CC(C)C(C(=O)N1CCCC1C)c1cc(N2CCN(C(=O)OC(C)(C)C)CC2)no1.CC(NC=O)c1ccc(-c2ccnn2C)cc1. The van der Waals surface area contributed by atoms with Gasteiger partial charge in [0.25, 0.3) is 0 Å². The maximum atomic E-state index is 13.2. The lowest BCUT2D eigenvalue weighted by atomic mass is 9.91. The standard InChI is InChI=1S/C22H36N4O4.C13H15N3O/c1-15(2)19(20(27)26-9-7-8-16(26)3)17-14-18(23-30-17)24-10-12-25(13-11-24)21(28)29-22(4,5)6;1-10(14-9-17)11-3-5-12(6-4-11)13-7-8-15-16(13)2/h14-16,19H,7-13H2,1-6H3;3-10H,1-2H3,(H,14,17). The second-order valence-electron chi connectivity index (χ2n) is 13.8. The van der Waals surface area contributed by atoms with Crippen LogP contribution in [-0.4, -0.2) is 87.5 Å². The summed E-state index contributed by atoms with van der Waals surface area (Å²) in [5, 5.41) is 11.1. The number of amides is 3. The molecule has 3 unspecified atom stereocenters. The molecular weight excluding hydrogens is 598 g/mol. The van der Waals surface area contributed by atoms with Crippen molar-refractivity contribution >= 4 is 24.2 Å². The third-order valence-corrected chi connectivity index (χ3v) is 8.69. The highest BCUT2D eigenvalue weighted by Gasteiger charge is 2.36. The lowest BCUT2D eigenvalue weighted by Crippen LogP contribution is -2.50. The van der Waals surface area contributed by atoms with Crippen molar-refractivity contribution in [3.8, 4) is 11.3 Å². The van der Waals surface area contributed by atoms with Gasteiger partial charge in [-0.2, -0.15) is 5.10 Å². The Morgan fingerprint density at radius 3 is 2.26 bits per heavy atom. The molecule has 5 rings (SSSR count). The van der Waals surface area contributed by atoms with E-state index in [0.29, 0.717) is 31.9 Å². The molecule has 12 heteroatoms. The second-order valence-corrected chi connectivity index (χ2v) is 13.8. The Kier molecular flexibility index (Phi) is 11.7. The zero-order valence-corrected chi connectivity index (χ0v) is 29.1. The van der Waals surface area contributed by atoms with Gasteiger partial charge < -0.3 is 29.3 Å². The Hall–Kier alpha value is -4.35. The fourth-order valence-corrected chi connectivity index (χ4v) is 5.99. The van der Waals surface area contributed by atoms with E-state index < -0.39 is 5.60 Å². The summed E-state index contributed by atoms with van der Waals surface area (Å²) in [6.07, 6.45) is 4.33. The Labute approximate surface area is 278 Å². The Bertz CT molecular complexity index is 1470. The number of carbonyl (C=O) groups excluding carboxylic acids is 3. The number of aryl methyl sites for hydroxylation is 1. The lowest BCUT2D eigenvalue weighted by Gasteiger charge is -2.35. The van der Waals surface area contributed by atoms with Gasteiger partial charge in [0.05, 0.1) is 11.7 Å². The largest absolute Gasteiger partial charge is 0.444 e. The van der Waals surface area contributed by atoms with Gasteiger partial charge in [0.2, 0.25) is 12.3 Å². The molecule has 0 radical (unpaired) electrons. The topological polar surface area (TPSA) is 126 Å². The number of nitrogens with zero attached hydrogens (tertiary/aromatic N) is 6. The molecule has 3 atom stereocenters. The number of piperazine rings is 1. The number of ether oxygens (including phenoxy) is 1. The maximum absolute atomic E-state index is 13.2. The van der Waals surface area contributed by atoms with Gasteiger partial charge in [-0.05, 0) is 70.6 Å². The van der Waals surface area contributed by atoms with Crippen molar-refractivity contribution in [3.63, 3.8) is 0 Å². The number of rotatable bonds is 8. The molecule has 12 nitrogen and oxygen atoms in total. The quantitative estimate of drug-likeness (QED) is 0.323. The van der Waals surface area contributed by atoms with Crippen molar-refractivity contribution in [3.05, 3.63) is 53.9 Å². The predicted octanol–water partition coefficient (Wildman–Crippen LogP) is 5.38. The first kappa shape index (κ1) is 35.5. The molecule has 47 heavy (non-hydrogen) atoms. The van der Waals surface area contributed by atoms with Crippen molar-refractivity contribution < 1.29 is 23.6 Å². The summed E-state index contributed by atoms with van der Waals surface area (Å²) in [7, 11) is 1.92. The van der Waals surface area contributed by atoms with Gasteiger partial charge in [0.1, 0.15) is 11.5 Å². The van der Waals surface area contributed by atoms with Crippen molar-refractivity contribution in [2.24, 2.45) is 13.0 Å². The summed E-state index contributed by atoms with van der Waals surface area (Å²) in [5.74, 6) is 1.28. The fraction of sp³-hybridized carbons (Fsp3) is 0.571. The third kappa shape index (κ3) is 9.14. The van der Waals surface area contributed by atoms with Gasteiger partial charge >= 0.3 is 6.09 Å². The summed E-state index contributed by atoms with van der Waals surface area (Å²) in [4.78, 5) is 41.6. The minimum atomic E-state index is -0.500. The molecule has 4 heterocycles. The van der Waals surface area contributed by atoms with Crippen molar-refractivity contribution in [1.29, 1.82) is 0 Å². The average Bonchev–Trinajstić information content (AvgIpc) is 3.78. The van der Waals surface area contributed by atoms with Gasteiger partial charge in [-0.1, -0.05) is 43.3 Å². The summed E-state index contributed by atoms with van der Waals surface area (Å²) < 4.78 is 12.9. The van der Waals surface area contributed by atoms with E-state index in [2.05, 4.69) is 27.4 Å². The third-order valence-electron chi connectivity index (χ3n) is 8.69. The number of hydrogen-bond acceptors (Lipinski definition) is 8. The highest BCUT2D eigenvalue weighted by Crippen LogP contribution is 2.32. The number of aromatic nitrogens is 3. The predicted molar refractivity (Wildman–Crippen MR) is 181 cm³/mol. The number of hydrogen-bond donors (Lipinski definition) is 1. The van der Waals surface area contributed by atoms with Crippen LogP contribution in [0.2, 0.25) is 0 Å². The molecule has 2 aromatic heterocycles. The minimum Gasteiger partial charge on any atom is -0.444 e. The normalized spacial score (nSPS) is 18.0. The number of benzene rings is 1. The van der Waals surface area contributed by atoms with E-state index in [0.717, 1.165) is 48.4 Å². The van der Waals surface area contributed by atoms with Crippen molar-refractivity contribution in [1.82, 2.24) is 30.1 Å². The van der Waals surface area contributed by atoms with Crippen LogP contribution < -0.4 is 10.2 Å². The number of nitrogens with one attached hydrogen (secondary N) is 1. The van der Waals surface area contributed by atoms with Crippen LogP contribution >= 0.6 is 0 Å². The van der Waals surface area contributed by atoms with E-state index in [9.17, 15) is 14.4 Å². The van der Waals surface area contributed by atoms with Gasteiger partial charge in [0, 0.05) is 58.1 Å². The molecule has 2 fully saturated rings. The van der Waals surface area contributed by atoms with Gasteiger partial charge in [-0.3, -0.25) is 14.3 Å². The highest BCUT2D eigenvalue weighted by atomic mass is 16.6. The molecule has 0 bridgehead atoms. The lowest BCUT2D eigenvalue weighted by molar-refractivity contribution is -0.134. The Morgan fingerprint density at radius 1 is 1.04 bits per heavy atom. The van der Waals surface area contributed by atoms with Crippen LogP contribution in [0.1, 0.15) is 84.6 Å². The number of anilines is 1. The first-order valence-electron chi connectivity index (χ1n) is 16.6. The fourth-order valence-electron chi connectivity index (χ4n) is 5.99. The van der Waals surface area contributed by atoms with Crippen LogP contribution in [0.5, 0.6) is 0 Å². The summed E-state index contributed by atoms with van der Waals surface area (Å²) in [6.45, 7) is 17.0. The summed E-state index contributed by atoms with van der Waals surface area (Å²) >= 11 is 0. The molecule has 1 N–H and O–H groups in total. The van der Waals surface area contributed by atoms with Crippen LogP contribution in [0.25, 0.3) is 11.3 Å². The zero-order chi connectivity index (χ0) is 34.3. The van der Waals surface area contributed by atoms with Crippen molar-refractivity contribution in [2.45, 2.75) is 84.9 Å². The average molecular weight is 650 g/mol. The van der Waals surface area contributed by atoms with Crippen molar-refractivity contribution in [2.75, 3.05) is 37.6 Å². The zero-order valence-electron chi connectivity index (χ0n) is 29.1. The highest BCUT2D eigenvalue weighted by molar-refractivity contribution is 5.84. The molecule has 2 saturated heterocycles. The Balaban J connectivity index is 0.000000248. The van der Waals surface area contributed by atoms with Crippen LogP contribution in [0.4, 0.5) is 10.6 Å².